The van der Waals surface area contributed by atoms with Gasteiger partial charge in [0.25, 0.3) is 0 Å². The van der Waals surface area contributed by atoms with E-state index in [4.69, 9.17) is 30.5 Å². The molecule has 0 bridgehead atoms. The molecule has 0 aromatic rings. The molecule has 3 aliphatic rings. The van der Waals surface area contributed by atoms with E-state index in [1.54, 1.807) is 14.2 Å². The lowest BCUT2D eigenvalue weighted by atomic mass is 9.85. The standard InChI is InChI=1S/C22H35ClO6/c1-26-16-6-3-14(4-7-16)21(24)29-20-12-5-15(13-19(20)23)22(25)28-18-10-8-17(27-2)9-11-18/h14-20H,3-13H2,1-2H3. The molecular formula is C22H35ClO6. The second-order valence-corrected chi connectivity index (χ2v) is 9.34. The van der Waals surface area contributed by atoms with Crippen LogP contribution < -0.4 is 0 Å². The van der Waals surface area contributed by atoms with Gasteiger partial charge in [-0.3, -0.25) is 9.59 Å². The third-order valence-electron chi connectivity index (χ3n) is 6.89. The topological polar surface area (TPSA) is 71.1 Å². The van der Waals surface area contributed by atoms with Crippen molar-refractivity contribution in [3.8, 4) is 0 Å². The Labute approximate surface area is 178 Å². The largest absolute Gasteiger partial charge is 0.462 e. The molecule has 0 aromatic heterocycles. The van der Waals surface area contributed by atoms with Crippen molar-refractivity contribution in [1.82, 2.24) is 0 Å². The predicted octanol–water partition coefficient (Wildman–Crippen LogP) is 4.01. The van der Waals surface area contributed by atoms with E-state index >= 15 is 0 Å². The van der Waals surface area contributed by atoms with Crippen LogP contribution in [0.15, 0.2) is 0 Å². The van der Waals surface area contributed by atoms with Gasteiger partial charge in [-0.15, -0.1) is 11.6 Å². The van der Waals surface area contributed by atoms with Gasteiger partial charge in [0, 0.05) is 14.2 Å². The predicted molar refractivity (Wildman–Crippen MR) is 109 cm³/mol. The maximum Gasteiger partial charge on any atom is 0.309 e. The molecule has 0 heterocycles. The summed E-state index contributed by atoms with van der Waals surface area (Å²) >= 11 is 6.51. The minimum Gasteiger partial charge on any atom is -0.462 e. The first-order chi connectivity index (χ1) is 14.0. The SMILES string of the molecule is COC1CCC(OC(=O)C2CCC(OC(=O)C3CCC(OC)CC3)C(Cl)C2)CC1. The Morgan fingerprint density at radius 1 is 0.655 bits per heavy atom. The van der Waals surface area contributed by atoms with Gasteiger partial charge in [0.05, 0.1) is 29.4 Å². The number of methoxy groups -OCH3 is 2. The molecule has 29 heavy (non-hydrogen) atoms. The Kier molecular flexibility index (Phi) is 8.63. The number of carbonyl (C=O) groups excluding carboxylic acids is 2. The summed E-state index contributed by atoms with van der Waals surface area (Å²) in [5.41, 5.74) is 0. The molecule has 0 saturated heterocycles. The van der Waals surface area contributed by atoms with Crippen LogP contribution in [-0.2, 0) is 28.5 Å². The van der Waals surface area contributed by atoms with E-state index in [9.17, 15) is 9.59 Å². The second-order valence-electron chi connectivity index (χ2n) is 8.78. The number of rotatable bonds is 6. The van der Waals surface area contributed by atoms with Crippen LogP contribution in [0.1, 0.15) is 70.6 Å². The van der Waals surface area contributed by atoms with Gasteiger partial charge in [0.1, 0.15) is 12.2 Å². The van der Waals surface area contributed by atoms with Crippen molar-refractivity contribution in [1.29, 1.82) is 0 Å². The first-order valence-corrected chi connectivity index (χ1v) is 11.5. The third-order valence-corrected chi connectivity index (χ3v) is 7.35. The normalized spacial score (nSPS) is 38.2. The summed E-state index contributed by atoms with van der Waals surface area (Å²) in [6.45, 7) is 0. The fourth-order valence-corrected chi connectivity index (χ4v) is 5.25. The van der Waals surface area contributed by atoms with Gasteiger partial charge in [-0.1, -0.05) is 0 Å². The van der Waals surface area contributed by atoms with Crippen LogP contribution in [0.2, 0.25) is 0 Å². The Bertz CT molecular complexity index is 539. The highest BCUT2D eigenvalue weighted by Gasteiger charge is 2.38. The molecule has 3 unspecified atom stereocenters. The lowest BCUT2D eigenvalue weighted by Crippen LogP contribution is -2.40. The molecule has 3 atom stereocenters. The summed E-state index contributed by atoms with van der Waals surface area (Å²) in [6, 6.07) is 0. The maximum atomic E-state index is 12.6. The van der Waals surface area contributed by atoms with Crippen molar-refractivity contribution < 1.29 is 28.5 Å². The molecule has 3 rings (SSSR count). The monoisotopic (exact) mass is 430 g/mol. The van der Waals surface area contributed by atoms with E-state index < -0.39 is 0 Å². The number of carbonyl (C=O) groups is 2. The van der Waals surface area contributed by atoms with E-state index in [-0.39, 0.29) is 53.6 Å². The second kappa shape index (κ2) is 11.0. The maximum absolute atomic E-state index is 12.6. The molecule has 3 aliphatic carbocycles. The summed E-state index contributed by atoms with van der Waals surface area (Å²) in [7, 11) is 3.45. The number of esters is 2. The van der Waals surface area contributed by atoms with Crippen molar-refractivity contribution in [2.24, 2.45) is 11.8 Å². The zero-order chi connectivity index (χ0) is 20.8. The lowest BCUT2D eigenvalue weighted by Gasteiger charge is -2.34. The fourth-order valence-electron chi connectivity index (χ4n) is 4.86. The van der Waals surface area contributed by atoms with Gasteiger partial charge in [-0.05, 0) is 70.6 Å². The lowest BCUT2D eigenvalue weighted by molar-refractivity contribution is -0.162. The van der Waals surface area contributed by atoms with Gasteiger partial charge in [0.2, 0.25) is 0 Å². The van der Waals surface area contributed by atoms with Gasteiger partial charge in [0.15, 0.2) is 0 Å². The average molecular weight is 431 g/mol. The van der Waals surface area contributed by atoms with E-state index in [0.29, 0.717) is 19.3 Å². The van der Waals surface area contributed by atoms with Crippen LogP contribution in [0.5, 0.6) is 0 Å². The van der Waals surface area contributed by atoms with Crippen molar-refractivity contribution in [2.45, 2.75) is 100 Å². The molecule has 0 aromatic carbocycles. The van der Waals surface area contributed by atoms with E-state index in [1.807, 2.05) is 0 Å². The number of hydrogen-bond donors (Lipinski definition) is 0. The summed E-state index contributed by atoms with van der Waals surface area (Å²) in [6.07, 6.45) is 8.95. The minimum absolute atomic E-state index is 0.0135. The quantitative estimate of drug-likeness (QED) is 0.468. The van der Waals surface area contributed by atoms with E-state index in [0.717, 1.165) is 51.4 Å². The molecular weight excluding hydrogens is 396 g/mol. The van der Waals surface area contributed by atoms with Gasteiger partial charge >= 0.3 is 11.9 Å². The average Bonchev–Trinajstić information content (AvgIpc) is 2.75. The molecule has 0 radical (unpaired) electrons. The molecule has 0 aliphatic heterocycles. The summed E-state index contributed by atoms with van der Waals surface area (Å²) in [5.74, 6) is -0.565. The summed E-state index contributed by atoms with van der Waals surface area (Å²) in [5, 5.41) is -0.343. The molecule has 3 saturated carbocycles. The Morgan fingerprint density at radius 3 is 1.69 bits per heavy atom. The van der Waals surface area contributed by atoms with E-state index in [1.165, 1.54) is 0 Å². The number of halogens is 1. The highest BCUT2D eigenvalue weighted by Crippen LogP contribution is 2.34. The minimum atomic E-state index is -0.343. The Hall–Kier alpha value is -0.850. The Morgan fingerprint density at radius 2 is 1.14 bits per heavy atom. The third kappa shape index (κ3) is 6.31. The van der Waals surface area contributed by atoms with Gasteiger partial charge in [-0.25, -0.2) is 0 Å². The van der Waals surface area contributed by atoms with Crippen LogP contribution in [0.25, 0.3) is 0 Å². The number of ether oxygens (including phenoxy) is 4. The van der Waals surface area contributed by atoms with E-state index in [2.05, 4.69) is 0 Å². The first-order valence-electron chi connectivity index (χ1n) is 11.1. The van der Waals surface area contributed by atoms with Gasteiger partial charge < -0.3 is 18.9 Å². The number of alkyl halides is 1. The van der Waals surface area contributed by atoms with Crippen molar-refractivity contribution in [3.05, 3.63) is 0 Å². The molecule has 0 N–H and O–H groups in total. The summed E-state index contributed by atoms with van der Waals surface area (Å²) in [4.78, 5) is 25.1. The Balaban J connectivity index is 1.39. The molecule has 6 nitrogen and oxygen atoms in total. The highest BCUT2D eigenvalue weighted by atomic mass is 35.5. The molecule has 7 heteroatoms. The van der Waals surface area contributed by atoms with Crippen molar-refractivity contribution in [2.75, 3.05) is 14.2 Å². The smallest absolute Gasteiger partial charge is 0.309 e. The molecule has 0 amide bonds. The van der Waals surface area contributed by atoms with Crippen LogP contribution in [0.3, 0.4) is 0 Å². The summed E-state index contributed by atoms with van der Waals surface area (Å²) < 4.78 is 22.2. The fraction of sp³-hybridized carbons (Fsp3) is 0.909. The first kappa shape index (κ1) is 22.8. The zero-order valence-electron chi connectivity index (χ0n) is 17.6. The van der Waals surface area contributed by atoms with Crippen LogP contribution in [0, 0.1) is 11.8 Å². The molecule has 3 fully saturated rings. The molecule has 166 valence electrons. The van der Waals surface area contributed by atoms with Crippen LogP contribution in [0.4, 0.5) is 0 Å². The zero-order valence-corrected chi connectivity index (χ0v) is 18.4. The van der Waals surface area contributed by atoms with Gasteiger partial charge in [-0.2, -0.15) is 0 Å². The van der Waals surface area contributed by atoms with Crippen LogP contribution >= 0.6 is 11.6 Å². The van der Waals surface area contributed by atoms with Crippen LogP contribution in [-0.4, -0.2) is 56.0 Å². The molecule has 0 spiro atoms. The number of hydrogen-bond acceptors (Lipinski definition) is 6. The van der Waals surface area contributed by atoms with Crippen molar-refractivity contribution >= 4 is 23.5 Å². The van der Waals surface area contributed by atoms with Crippen molar-refractivity contribution in [3.63, 3.8) is 0 Å². The highest BCUT2D eigenvalue weighted by molar-refractivity contribution is 6.21.